The first-order valence-corrected chi connectivity index (χ1v) is 6.57. The van der Waals surface area contributed by atoms with Crippen LogP contribution < -0.4 is 5.32 Å². The van der Waals surface area contributed by atoms with Crippen molar-refractivity contribution in [2.75, 3.05) is 6.54 Å². The summed E-state index contributed by atoms with van der Waals surface area (Å²) in [5, 5.41) is 8.53. The van der Waals surface area contributed by atoms with Gasteiger partial charge in [0.15, 0.2) is 0 Å². The molecule has 0 saturated carbocycles. The van der Waals surface area contributed by atoms with E-state index in [1.165, 1.54) is 5.56 Å². The highest BCUT2D eigenvalue weighted by atomic mass is 35.5. The Kier molecular flexibility index (Phi) is 4.39. The normalized spacial score (nSPS) is 12.6. The molecule has 2 aromatic rings. The van der Waals surface area contributed by atoms with Crippen molar-refractivity contribution in [3.8, 4) is 0 Å². The Balaban J connectivity index is 2.09. The first-order valence-electron chi connectivity index (χ1n) is 6.20. The summed E-state index contributed by atoms with van der Waals surface area (Å²) in [6, 6.07) is 8.19. The lowest BCUT2D eigenvalue weighted by molar-refractivity contribution is 0.596. The van der Waals surface area contributed by atoms with Gasteiger partial charge in [-0.05, 0) is 25.1 Å². The Bertz CT molecular complexity index is 507. The molecule has 1 N–H and O–H groups in total. The number of halogens is 1. The molecular formula is C14H18ClN3. The van der Waals surface area contributed by atoms with Gasteiger partial charge in [0, 0.05) is 22.8 Å². The summed E-state index contributed by atoms with van der Waals surface area (Å²) in [7, 11) is 0. The van der Waals surface area contributed by atoms with Crippen LogP contribution in [0.1, 0.15) is 31.0 Å². The van der Waals surface area contributed by atoms with Crippen molar-refractivity contribution in [2.24, 2.45) is 0 Å². The Labute approximate surface area is 113 Å². The van der Waals surface area contributed by atoms with Gasteiger partial charge in [-0.3, -0.25) is 4.68 Å². The minimum atomic E-state index is 0.329. The van der Waals surface area contributed by atoms with Crippen molar-refractivity contribution in [1.82, 2.24) is 15.1 Å². The monoisotopic (exact) mass is 263 g/mol. The van der Waals surface area contributed by atoms with Crippen LogP contribution in [0.5, 0.6) is 0 Å². The molecule has 0 spiro atoms. The van der Waals surface area contributed by atoms with Gasteiger partial charge in [-0.25, -0.2) is 0 Å². The van der Waals surface area contributed by atoms with Gasteiger partial charge in [0.2, 0.25) is 0 Å². The molecule has 0 radical (unpaired) electrons. The van der Waals surface area contributed by atoms with Gasteiger partial charge >= 0.3 is 0 Å². The molecule has 0 aliphatic rings. The average Bonchev–Trinajstić information content (AvgIpc) is 2.81. The molecule has 1 unspecified atom stereocenters. The topological polar surface area (TPSA) is 29.9 Å². The average molecular weight is 264 g/mol. The van der Waals surface area contributed by atoms with E-state index >= 15 is 0 Å². The van der Waals surface area contributed by atoms with Crippen LogP contribution in [0.3, 0.4) is 0 Å². The number of hydrogen-bond acceptors (Lipinski definition) is 2. The second-order valence-electron chi connectivity index (χ2n) is 4.34. The number of aromatic nitrogens is 2. The van der Waals surface area contributed by atoms with Crippen molar-refractivity contribution >= 4 is 11.6 Å². The molecule has 18 heavy (non-hydrogen) atoms. The number of hydrogen-bond donors (Lipinski definition) is 1. The molecule has 4 heteroatoms. The molecular weight excluding hydrogens is 246 g/mol. The second kappa shape index (κ2) is 6.03. The van der Waals surface area contributed by atoms with Gasteiger partial charge in [-0.1, -0.05) is 36.7 Å². The predicted molar refractivity (Wildman–Crippen MR) is 74.9 cm³/mol. The fraction of sp³-hybridized carbons (Fsp3) is 0.357. The Morgan fingerprint density at radius 1 is 1.39 bits per heavy atom. The third-order valence-corrected chi connectivity index (χ3v) is 3.32. The highest BCUT2D eigenvalue weighted by Crippen LogP contribution is 2.17. The summed E-state index contributed by atoms with van der Waals surface area (Å²) in [5.41, 5.74) is 2.29. The van der Waals surface area contributed by atoms with Crippen molar-refractivity contribution < 1.29 is 0 Å². The largest absolute Gasteiger partial charge is 0.310 e. The fourth-order valence-electron chi connectivity index (χ4n) is 1.91. The van der Waals surface area contributed by atoms with E-state index in [0.717, 1.165) is 17.1 Å². The van der Waals surface area contributed by atoms with Crippen LogP contribution in [0.25, 0.3) is 0 Å². The lowest BCUT2D eigenvalue weighted by Crippen LogP contribution is -2.17. The van der Waals surface area contributed by atoms with E-state index in [4.69, 9.17) is 11.6 Å². The smallest absolute Gasteiger partial charge is 0.0674 e. The SMILES string of the molecule is CCNC(C)c1cnn(Cc2ccccc2Cl)c1. The van der Waals surface area contributed by atoms with Crippen LogP contribution in [0, 0.1) is 0 Å². The molecule has 0 bridgehead atoms. The maximum atomic E-state index is 6.14. The maximum absolute atomic E-state index is 6.14. The molecule has 0 aliphatic carbocycles. The van der Waals surface area contributed by atoms with E-state index in [-0.39, 0.29) is 0 Å². The summed E-state index contributed by atoms with van der Waals surface area (Å²) >= 11 is 6.14. The number of nitrogens with zero attached hydrogens (tertiary/aromatic N) is 2. The highest BCUT2D eigenvalue weighted by Gasteiger charge is 2.07. The van der Waals surface area contributed by atoms with Crippen molar-refractivity contribution in [2.45, 2.75) is 26.4 Å². The summed E-state index contributed by atoms with van der Waals surface area (Å²) in [6.07, 6.45) is 3.97. The van der Waals surface area contributed by atoms with E-state index in [1.54, 1.807) is 0 Å². The van der Waals surface area contributed by atoms with Gasteiger partial charge in [-0.2, -0.15) is 5.10 Å². The zero-order valence-corrected chi connectivity index (χ0v) is 11.5. The third-order valence-electron chi connectivity index (χ3n) is 2.95. The maximum Gasteiger partial charge on any atom is 0.0674 e. The minimum Gasteiger partial charge on any atom is -0.310 e. The number of nitrogens with one attached hydrogen (secondary N) is 1. The molecule has 1 aromatic heterocycles. The van der Waals surface area contributed by atoms with E-state index in [0.29, 0.717) is 12.6 Å². The van der Waals surface area contributed by atoms with Gasteiger partial charge in [-0.15, -0.1) is 0 Å². The van der Waals surface area contributed by atoms with Crippen LogP contribution in [-0.4, -0.2) is 16.3 Å². The third kappa shape index (κ3) is 3.12. The molecule has 1 aromatic carbocycles. The van der Waals surface area contributed by atoms with Crippen LogP contribution in [-0.2, 0) is 6.54 Å². The van der Waals surface area contributed by atoms with Crippen LogP contribution in [0.15, 0.2) is 36.7 Å². The first kappa shape index (κ1) is 13.1. The Morgan fingerprint density at radius 2 is 2.17 bits per heavy atom. The van der Waals surface area contributed by atoms with Crippen molar-refractivity contribution in [1.29, 1.82) is 0 Å². The summed E-state index contributed by atoms with van der Waals surface area (Å²) in [4.78, 5) is 0. The van der Waals surface area contributed by atoms with E-state index in [9.17, 15) is 0 Å². The molecule has 0 saturated heterocycles. The zero-order chi connectivity index (χ0) is 13.0. The highest BCUT2D eigenvalue weighted by molar-refractivity contribution is 6.31. The van der Waals surface area contributed by atoms with E-state index < -0.39 is 0 Å². The number of rotatable bonds is 5. The summed E-state index contributed by atoms with van der Waals surface area (Å²) in [5.74, 6) is 0. The summed E-state index contributed by atoms with van der Waals surface area (Å²) < 4.78 is 1.92. The van der Waals surface area contributed by atoms with E-state index in [1.807, 2.05) is 35.1 Å². The molecule has 0 aliphatic heterocycles. The first-order chi connectivity index (χ1) is 8.70. The molecule has 96 valence electrons. The molecule has 1 heterocycles. The molecule has 2 rings (SSSR count). The Morgan fingerprint density at radius 3 is 2.89 bits per heavy atom. The van der Waals surface area contributed by atoms with Gasteiger partial charge in [0.1, 0.15) is 0 Å². The lowest BCUT2D eigenvalue weighted by Gasteiger charge is -2.09. The zero-order valence-electron chi connectivity index (χ0n) is 10.7. The fourth-order valence-corrected chi connectivity index (χ4v) is 2.11. The Hall–Kier alpha value is -1.32. The van der Waals surface area contributed by atoms with Crippen molar-refractivity contribution in [3.05, 3.63) is 52.8 Å². The second-order valence-corrected chi connectivity index (χ2v) is 4.75. The predicted octanol–water partition coefficient (Wildman–Crippen LogP) is 3.26. The van der Waals surface area contributed by atoms with Gasteiger partial charge < -0.3 is 5.32 Å². The van der Waals surface area contributed by atoms with Crippen LogP contribution in [0.2, 0.25) is 5.02 Å². The standard InChI is InChI=1S/C14H18ClN3/c1-3-16-11(2)13-8-17-18(10-13)9-12-6-4-5-7-14(12)15/h4-8,10-11,16H,3,9H2,1-2H3. The van der Waals surface area contributed by atoms with Crippen LogP contribution >= 0.6 is 11.6 Å². The lowest BCUT2D eigenvalue weighted by atomic mass is 10.2. The summed E-state index contributed by atoms with van der Waals surface area (Å²) in [6.45, 7) is 5.90. The molecule has 0 amide bonds. The minimum absolute atomic E-state index is 0.329. The van der Waals surface area contributed by atoms with Crippen LogP contribution in [0.4, 0.5) is 0 Å². The van der Waals surface area contributed by atoms with Crippen molar-refractivity contribution in [3.63, 3.8) is 0 Å². The quantitative estimate of drug-likeness (QED) is 0.897. The number of benzene rings is 1. The molecule has 3 nitrogen and oxygen atoms in total. The molecule has 1 atom stereocenters. The van der Waals surface area contributed by atoms with Gasteiger partial charge in [0.05, 0.1) is 12.7 Å². The van der Waals surface area contributed by atoms with Gasteiger partial charge in [0.25, 0.3) is 0 Å². The molecule has 0 fully saturated rings. The van der Waals surface area contributed by atoms with E-state index in [2.05, 4.69) is 30.5 Å².